The van der Waals surface area contributed by atoms with E-state index in [0.29, 0.717) is 12.8 Å². The predicted octanol–water partition coefficient (Wildman–Crippen LogP) is 1.78. The molecule has 0 aliphatic heterocycles. The number of halogens is 1. The highest BCUT2D eigenvalue weighted by Crippen LogP contribution is 2.37. The summed E-state index contributed by atoms with van der Waals surface area (Å²) in [5.74, 6) is -0.506. The molecule has 0 atom stereocenters. The molecule has 1 rings (SSSR count). The van der Waals surface area contributed by atoms with Gasteiger partial charge in [-0.1, -0.05) is 11.6 Å². The van der Waals surface area contributed by atoms with Gasteiger partial charge in [0.2, 0.25) is 0 Å². The zero-order valence-electron chi connectivity index (χ0n) is 9.63. The van der Waals surface area contributed by atoms with Crippen LogP contribution in [0.1, 0.15) is 33.6 Å². The van der Waals surface area contributed by atoms with Crippen LogP contribution < -0.4 is 5.32 Å². The quantitative estimate of drug-likeness (QED) is 0.612. The second kappa shape index (κ2) is 4.49. The van der Waals surface area contributed by atoms with E-state index in [1.165, 1.54) is 0 Å². The third kappa shape index (κ3) is 3.56. The van der Waals surface area contributed by atoms with Gasteiger partial charge < -0.3 is 14.8 Å². The van der Waals surface area contributed by atoms with Crippen molar-refractivity contribution in [2.45, 2.75) is 44.8 Å². The van der Waals surface area contributed by atoms with Crippen LogP contribution in [0.4, 0.5) is 4.79 Å². The number of alkyl halides is 1. The van der Waals surface area contributed by atoms with Crippen molar-refractivity contribution in [3.05, 3.63) is 0 Å². The molecule has 1 aliphatic carbocycles. The average Bonchev–Trinajstić information content (AvgIpc) is 2.82. The lowest BCUT2D eigenvalue weighted by molar-refractivity contribution is -0.145. The Labute approximate surface area is 99.4 Å². The third-order valence-corrected chi connectivity index (χ3v) is 2.18. The van der Waals surface area contributed by atoms with E-state index in [0.717, 1.165) is 0 Å². The molecule has 6 heteroatoms. The van der Waals surface area contributed by atoms with Crippen LogP contribution in [0.25, 0.3) is 0 Å². The summed E-state index contributed by atoms with van der Waals surface area (Å²) in [4.78, 5) is 22.9. The van der Waals surface area contributed by atoms with Crippen molar-refractivity contribution in [2.24, 2.45) is 0 Å². The van der Waals surface area contributed by atoms with Gasteiger partial charge in [-0.2, -0.15) is 0 Å². The number of ether oxygens (including phenoxy) is 2. The molecule has 1 aliphatic rings. The Morgan fingerprint density at radius 2 is 1.94 bits per heavy atom. The number of hydrogen-bond donors (Lipinski definition) is 1. The van der Waals surface area contributed by atoms with Gasteiger partial charge in [-0.25, -0.2) is 9.59 Å². The number of amides is 1. The van der Waals surface area contributed by atoms with Crippen LogP contribution in [0.15, 0.2) is 0 Å². The Bertz CT molecular complexity index is 294. The van der Waals surface area contributed by atoms with Crippen LogP contribution in [0.5, 0.6) is 0 Å². The first-order valence-electron chi connectivity index (χ1n) is 5.03. The average molecular weight is 250 g/mol. The molecule has 1 amide bonds. The highest BCUT2D eigenvalue weighted by molar-refractivity contribution is 6.17. The van der Waals surface area contributed by atoms with E-state index in [1.807, 2.05) is 0 Å². The zero-order valence-corrected chi connectivity index (χ0v) is 10.4. The third-order valence-electron chi connectivity index (χ3n) is 2.07. The van der Waals surface area contributed by atoms with Crippen molar-refractivity contribution in [3.63, 3.8) is 0 Å². The van der Waals surface area contributed by atoms with Gasteiger partial charge in [-0.15, -0.1) is 0 Å². The number of carbonyl (C=O) groups is 2. The first-order chi connectivity index (χ1) is 7.29. The van der Waals surface area contributed by atoms with E-state index >= 15 is 0 Å². The zero-order chi connectivity index (χ0) is 12.4. The first-order valence-corrected chi connectivity index (χ1v) is 5.57. The Kier molecular flexibility index (Phi) is 3.68. The van der Waals surface area contributed by atoms with E-state index < -0.39 is 23.2 Å². The van der Waals surface area contributed by atoms with Gasteiger partial charge in [0.25, 0.3) is 0 Å². The van der Waals surface area contributed by atoms with Crippen LogP contribution >= 0.6 is 11.6 Å². The Hall–Kier alpha value is -0.970. The molecule has 0 heterocycles. The maximum atomic E-state index is 11.5. The first kappa shape index (κ1) is 13.1. The molecule has 92 valence electrons. The smallest absolute Gasteiger partial charge is 0.408 e. The summed E-state index contributed by atoms with van der Waals surface area (Å²) in [7, 11) is 0. The Balaban J connectivity index is 2.48. The summed E-state index contributed by atoms with van der Waals surface area (Å²) in [5, 5.41) is 2.51. The van der Waals surface area contributed by atoms with Gasteiger partial charge in [0.1, 0.15) is 11.1 Å². The molecular weight excluding hydrogens is 234 g/mol. The number of hydrogen-bond acceptors (Lipinski definition) is 4. The monoisotopic (exact) mass is 249 g/mol. The Morgan fingerprint density at radius 1 is 1.38 bits per heavy atom. The van der Waals surface area contributed by atoms with E-state index in [2.05, 4.69) is 10.1 Å². The molecule has 1 saturated carbocycles. The number of esters is 1. The van der Waals surface area contributed by atoms with Gasteiger partial charge in [0.05, 0.1) is 0 Å². The summed E-state index contributed by atoms with van der Waals surface area (Å²) in [6.45, 7) is 5.26. The molecule has 0 bridgehead atoms. The molecule has 5 nitrogen and oxygen atoms in total. The van der Waals surface area contributed by atoms with Crippen LogP contribution in [-0.4, -0.2) is 29.3 Å². The standard InChI is InChI=1S/C10H16ClNO4/c1-9(2,3)16-8(14)12-10(4-5-10)7(13)15-6-11/h4-6H2,1-3H3,(H,12,14). The van der Waals surface area contributed by atoms with Gasteiger partial charge in [-0.05, 0) is 33.6 Å². The lowest BCUT2D eigenvalue weighted by Crippen LogP contribution is -2.46. The molecule has 0 aromatic rings. The van der Waals surface area contributed by atoms with E-state index in [9.17, 15) is 9.59 Å². The minimum Gasteiger partial charge on any atom is -0.448 e. The SMILES string of the molecule is CC(C)(C)OC(=O)NC1(C(=O)OCCl)CC1. The number of rotatable bonds is 3. The fourth-order valence-corrected chi connectivity index (χ4v) is 1.29. The van der Waals surface area contributed by atoms with Gasteiger partial charge in [0, 0.05) is 0 Å². The minimum absolute atomic E-state index is 0.212. The Morgan fingerprint density at radius 3 is 2.31 bits per heavy atom. The van der Waals surface area contributed by atoms with Crippen molar-refractivity contribution in [3.8, 4) is 0 Å². The molecule has 1 fully saturated rings. The normalized spacial score (nSPS) is 17.5. The summed E-state index contributed by atoms with van der Waals surface area (Å²) in [5.41, 5.74) is -1.51. The van der Waals surface area contributed by atoms with Crippen molar-refractivity contribution in [1.29, 1.82) is 0 Å². The maximum Gasteiger partial charge on any atom is 0.408 e. The fraction of sp³-hybridized carbons (Fsp3) is 0.800. The molecule has 0 spiro atoms. The van der Waals surface area contributed by atoms with Gasteiger partial charge in [-0.3, -0.25) is 0 Å². The number of nitrogens with one attached hydrogen (secondary N) is 1. The molecule has 16 heavy (non-hydrogen) atoms. The maximum absolute atomic E-state index is 11.5. The predicted molar refractivity (Wildman–Crippen MR) is 58.1 cm³/mol. The second-order valence-corrected chi connectivity index (χ2v) is 4.97. The van der Waals surface area contributed by atoms with Crippen LogP contribution in [0.3, 0.4) is 0 Å². The summed E-state index contributed by atoms with van der Waals surface area (Å²) < 4.78 is 9.71. The fourth-order valence-electron chi connectivity index (χ4n) is 1.19. The van der Waals surface area contributed by atoms with Crippen LogP contribution in [0.2, 0.25) is 0 Å². The number of alkyl carbamates (subject to hydrolysis) is 1. The van der Waals surface area contributed by atoms with Crippen molar-refractivity contribution in [2.75, 3.05) is 6.07 Å². The molecule has 0 aromatic heterocycles. The highest BCUT2D eigenvalue weighted by atomic mass is 35.5. The molecular formula is C10H16ClNO4. The van der Waals surface area contributed by atoms with E-state index in [-0.39, 0.29) is 6.07 Å². The molecule has 0 radical (unpaired) electrons. The summed E-state index contributed by atoms with van der Waals surface area (Å²) in [6, 6.07) is -0.212. The van der Waals surface area contributed by atoms with Crippen LogP contribution in [0, 0.1) is 0 Å². The summed E-state index contributed by atoms with van der Waals surface area (Å²) in [6.07, 6.45) is 0.501. The van der Waals surface area contributed by atoms with E-state index in [4.69, 9.17) is 16.3 Å². The van der Waals surface area contributed by atoms with Crippen LogP contribution in [-0.2, 0) is 14.3 Å². The molecule has 0 unspecified atom stereocenters. The number of carbonyl (C=O) groups excluding carboxylic acids is 2. The summed E-state index contributed by atoms with van der Waals surface area (Å²) >= 11 is 5.29. The molecule has 0 saturated heterocycles. The topological polar surface area (TPSA) is 64.6 Å². The van der Waals surface area contributed by atoms with Gasteiger partial charge >= 0.3 is 12.1 Å². The lowest BCUT2D eigenvalue weighted by Gasteiger charge is -2.22. The van der Waals surface area contributed by atoms with Crippen molar-refractivity contribution >= 4 is 23.7 Å². The van der Waals surface area contributed by atoms with E-state index in [1.54, 1.807) is 20.8 Å². The second-order valence-electron chi connectivity index (χ2n) is 4.75. The van der Waals surface area contributed by atoms with Crippen molar-refractivity contribution in [1.82, 2.24) is 5.32 Å². The lowest BCUT2D eigenvalue weighted by atomic mass is 10.2. The largest absolute Gasteiger partial charge is 0.448 e. The minimum atomic E-state index is -0.919. The van der Waals surface area contributed by atoms with Crippen molar-refractivity contribution < 1.29 is 19.1 Å². The molecule has 1 N–H and O–H groups in total. The molecule has 0 aromatic carbocycles. The highest BCUT2D eigenvalue weighted by Gasteiger charge is 2.53. The van der Waals surface area contributed by atoms with Gasteiger partial charge in [0.15, 0.2) is 6.07 Å².